The number of carboxylic acids is 1. The quantitative estimate of drug-likeness (QED) is 0.708. The van der Waals surface area contributed by atoms with Gasteiger partial charge in [0, 0.05) is 25.2 Å². The summed E-state index contributed by atoms with van der Waals surface area (Å²) in [5.74, 6) is -0.635. The van der Waals surface area contributed by atoms with Gasteiger partial charge in [-0.05, 0) is 18.6 Å². The van der Waals surface area contributed by atoms with E-state index in [-0.39, 0.29) is 17.5 Å². The minimum atomic E-state index is -1.01. The fourth-order valence-corrected chi connectivity index (χ4v) is 1.74. The zero-order valence-corrected chi connectivity index (χ0v) is 9.14. The Bertz CT molecular complexity index is 437. The molecule has 2 heterocycles. The molecule has 1 saturated heterocycles. The van der Waals surface area contributed by atoms with Crippen LogP contribution in [0.4, 0.5) is 5.82 Å². The van der Waals surface area contributed by atoms with Gasteiger partial charge in [0.25, 0.3) is 0 Å². The lowest BCUT2D eigenvalue weighted by Crippen LogP contribution is -2.42. The lowest BCUT2D eigenvalue weighted by atomic mass is 10.1. The number of nitrogens with one attached hydrogen (secondary N) is 2. The van der Waals surface area contributed by atoms with Crippen LogP contribution in [0, 0.1) is 0 Å². The molecule has 6 nitrogen and oxygen atoms in total. The third-order valence-corrected chi connectivity index (χ3v) is 2.64. The molecule has 1 fully saturated rings. The maximum Gasteiger partial charge on any atom is 0.339 e. The number of pyridine rings is 1. The van der Waals surface area contributed by atoms with E-state index < -0.39 is 5.97 Å². The van der Waals surface area contributed by atoms with Gasteiger partial charge in [0.2, 0.25) is 5.91 Å². The monoisotopic (exact) mass is 235 g/mol. The number of anilines is 1. The van der Waals surface area contributed by atoms with Gasteiger partial charge in [-0.15, -0.1) is 0 Å². The van der Waals surface area contributed by atoms with Crippen LogP contribution in [0.1, 0.15) is 23.2 Å². The summed E-state index contributed by atoms with van der Waals surface area (Å²) in [4.78, 5) is 26.0. The van der Waals surface area contributed by atoms with Crippen molar-refractivity contribution in [1.29, 1.82) is 0 Å². The highest BCUT2D eigenvalue weighted by Gasteiger charge is 2.20. The first-order valence-electron chi connectivity index (χ1n) is 5.38. The number of carboxylic acid groups (broad SMARTS) is 1. The molecule has 17 heavy (non-hydrogen) atoms. The fourth-order valence-electron chi connectivity index (χ4n) is 1.74. The number of nitrogens with zero attached hydrogens (tertiary/aromatic N) is 1. The molecule has 0 spiro atoms. The molecule has 90 valence electrons. The number of hydrogen-bond acceptors (Lipinski definition) is 4. The molecular weight excluding hydrogens is 222 g/mol. The van der Waals surface area contributed by atoms with E-state index in [4.69, 9.17) is 5.11 Å². The molecule has 1 aliphatic heterocycles. The predicted octanol–water partition coefficient (Wildman–Crippen LogP) is 0.470. The largest absolute Gasteiger partial charge is 0.478 e. The summed E-state index contributed by atoms with van der Waals surface area (Å²) in [6.07, 6.45) is 2.67. The number of piperidine rings is 1. The average molecular weight is 235 g/mol. The zero-order chi connectivity index (χ0) is 12.3. The van der Waals surface area contributed by atoms with E-state index >= 15 is 0 Å². The lowest BCUT2D eigenvalue weighted by molar-refractivity contribution is -0.122. The van der Waals surface area contributed by atoms with Crippen LogP contribution in [0.2, 0.25) is 0 Å². The lowest BCUT2D eigenvalue weighted by Gasteiger charge is -2.24. The van der Waals surface area contributed by atoms with Crippen LogP contribution >= 0.6 is 0 Å². The van der Waals surface area contributed by atoms with E-state index in [0.29, 0.717) is 25.2 Å². The summed E-state index contributed by atoms with van der Waals surface area (Å²) in [6, 6.07) is 3.11. The van der Waals surface area contributed by atoms with Crippen molar-refractivity contribution in [2.24, 2.45) is 0 Å². The van der Waals surface area contributed by atoms with Gasteiger partial charge < -0.3 is 15.7 Å². The molecule has 0 radical (unpaired) electrons. The SMILES string of the molecule is O=C1CCC(Nc2ncccc2C(=O)O)CN1. The highest BCUT2D eigenvalue weighted by molar-refractivity contribution is 5.93. The summed E-state index contributed by atoms with van der Waals surface area (Å²) in [5.41, 5.74) is 0.143. The number of aromatic carboxylic acids is 1. The van der Waals surface area contributed by atoms with Crippen molar-refractivity contribution >= 4 is 17.7 Å². The second kappa shape index (κ2) is 4.82. The van der Waals surface area contributed by atoms with Crippen LogP contribution in [0.3, 0.4) is 0 Å². The summed E-state index contributed by atoms with van der Waals surface area (Å²) in [6.45, 7) is 0.495. The number of amides is 1. The van der Waals surface area contributed by atoms with Gasteiger partial charge in [0.05, 0.1) is 0 Å². The van der Waals surface area contributed by atoms with Crippen LogP contribution in [0.15, 0.2) is 18.3 Å². The molecule has 1 amide bonds. The van der Waals surface area contributed by atoms with E-state index in [1.807, 2.05) is 0 Å². The fraction of sp³-hybridized carbons (Fsp3) is 0.364. The third-order valence-electron chi connectivity index (χ3n) is 2.64. The number of hydrogen-bond donors (Lipinski definition) is 3. The van der Waals surface area contributed by atoms with Crippen LogP contribution in [-0.4, -0.2) is 34.6 Å². The molecule has 1 atom stereocenters. The molecule has 0 bridgehead atoms. The maximum absolute atomic E-state index is 11.0. The van der Waals surface area contributed by atoms with Crippen molar-refractivity contribution in [1.82, 2.24) is 10.3 Å². The highest BCUT2D eigenvalue weighted by atomic mass is 16.4. The Balaban J connectivity index is 2.08. The van der Waals surface area contributed by atoms with Crippen molar-refractivity contribution < 1.29 is 14.7 Å². The predicted molar refractivity (Wildman–Crippen MR) is 60.9 cm³/mol. The Morgan fingerprint density at radius 1 is 1.59 bits per heavy atom. The summed E-state index contributed by atoms with van der Waals surface area (Å²) >= 11 is 0. The molecule has 1 unspecified atom stereocenters. The molecule has 6 heteroatoms. The first-order chi connectivity index (χ1) is 8.16. The topological polar surface area (TPSA) is 91.3 Å². The highest BCUT2D eigenvalue weighted by Crippen LogP contribution is 2.15. The Labute approximate surface area is 98.1 Å². The Kier molecular flexibility index (Phi) is 3.22. The number of carbonyl (C=O) groups is 2. The van der Waals surface area contributed by atoms with Gasteiger partial charge in [-0.2, -0.15) is 0 Å². The maximum atomic E-state index is 11.0. The van der Waals surface area contributed by atoms with Gasteiger partial charge in [-0.3, -0.25) is 4.79 Å². The first kappa shape index (κ1) is 11.4. The van der Waals surface area contributed by atoms with Crippen molar-refractivity contribution in [3.8, 4) is 0 Å². The molecule has 1 aliphatic rings. The zero-order valence-electron chi connectivity index (χ0n) is 9.14. The minimum absolute atomic E-state index is 0.0284. The van der Waals surface area contributed by atoms with Crippen molar-refractivity contribution in [3.05, 3.63) is 23.9 Å². The van der Waals surface area contributed by atoms with Crippen LogP contribution in [0.25, 0.3) is 0 Å². The second-order valence-corrected chi connectivity index (χ2v) is 3.89. The molecule has 0 aromatic carbocycles. The number of rotatable bonds is 3. The summed E-state index contributed by atoms with van der Waals surface area (Å²) in [7, 11) is 0. The minimum Gasteiger partial charge on any atom is -0.478 e. The molecule has 0 saturated carbocycles. The van der Waals surface area contributed by atoms with Gasteiger partial charge in [0.1, 0.15) is 11.4 Å². The molecular formula is C11H13N3O3. The first-order valence-corrected chi connectivity index (χ1v) is 5.38. The van der Waals surface area contributed by atoms with E-state index in [0.717, 1.165) is 0 Å². The Hall–Kier alpha value is -2.11. The summed E-state index contributed by atoms with van der Waals surface area (Å²) in [5, 5.41) is 14.8. The Morgan fingerprint density at radius 2 is 2.41 bits per heavy atom. The molecule has 0 aliphatic carbocycles. The van der Waals surface area contributed by atoms with Crippen LogP contribution in [-0.2, 0) is 4.79 Å². The summed E-state index contributed by atoms with van der Waals surface area (Å²) < 4.78 is 0. The number of aromatic nitrogens is 1. The molecule has 1 aromatic heterocycles. The standard InChI is InChI=1S/C11H13N3O3/c15-9-4-3-7(6-13-9)14-10-8(11(16)17)2-1-5-12-10/h1-2,5,7H,3-4,6H2,(H,12,14)(H,13,15)(H,16,17). The van der Waals surface area contributed by atoms with E-state index in [1.165, 1.54) is 12.3 Å². The average Bonchev–Trinajstić information content (AvgIpc) is 2.32. The van der Waals surface area contributed by atoms with E-state index in [1.54, 1.807) is 6.07 Å². The van der Waals surface area contributed by atoms with Gasteiger partial charge in [-0.1, -0.05) is 0 Å². The Morgan fingerprint density at radius 3 is 3.06 bits per heavy atom. The van der Waals surface area contributed by atoms with Gasteiger partial charge in [-0.25, -0.2) is 9.78 Å². The number of carbonyl (C=O) groups excluding carboxylic acids is 1. The van der Waals surface area contributed by atoms with E-state index in [2.05, 4.69) is 15.6 Å². The smallest absolute Gasteiger partial charge is 0.339 e. The van der Waals surface area contributed by atoms with Gasteiger partial charge in [0.15, 0.2) is 0 Å². The normalized spacial score (nSPS) is 19.5. The van der Waals surface area contributed by atoms with Gasteiger partial charge >= 0.3 is 5.97 Å². The second-order valence-electron chi connectivity index (χ2n) is 3.89. The van der Waals surface area contributed by atoms with Crippen LogP contribution < -0.4 is 10.6 Å². The third kappa shape index (κ3) is 2.72. The van der Waals surface area contributed by atoms with Crippen molar-refractivity contribution in [2.75, 3.05) is 11.9 Å². The van der Waals surface area contributed by atoms with Crippen molar-refractivity contribution in [2.45, 2.75) is 18.9 Å². The molecule has 1 aromatic rings. The van der Waals surface area contributed by atoms with Crippen molar-refractivity contribution in [3.63, 3.8) is 0 Å². The van der Waals surface area contributed by atoms with E-state index in [9.17, 15) is 9.59 Å². The molecule has 2 rings (SSSR count). The van der Waals surface area contributed by atoms with Crippen LogP contribution in [0.5, 0.6) is 0 Å². The molecule has 3 N–H and O–H groups in total.